The number of rotatable bonds is 2. The lowest BCUT2D eigenvalue weighted by molar-refractivity contribution is 0.317. The molecule has 1 aliphatic carbocycles. The Balaban J connectivity index is 0.000000160. The van der Waals surface area contributed by atoms with Crippen LogP contribution < -0.4 is 5.73 Å². The topological polar surface area (TPSA) is 80.4 Å². The van der Waals surface area contributed by atoms with Crippen molar-refractivity contribution in [3.63, 3.8) is 0 Å². The summed E-state index contributed by atoms with van der Waals surface area (Å²) < 4.78 is 42.9. The van der Waals surface area contributed by atoms with E-state index in [1.165, 1.54) is 12.1 Å². The number of benzene rings is 2. The van der Waals surface area contributed by atoms with Gasteiger partial charge in [0.2, 0.25) is 0 Å². The number of aryl methyl sites for hydroxylation is 1. The van der Waals surface area contributed by atoms with Gasteiger partial charge in [-0.3, -0.25) is 4.55 Å². The number of halogens is 1. The monoisotopic (exact) mass is 323 g/mol. The largest absolute Gasteiger partial charge is 0.399 e. The molecule has 118 valence electrons. The molecule has 6 heteroatoms. The van der Waals surface area contributed by atoms with Crippen molar-refractivity contribution in [3.8, 4) is 0 Å². The summed E-state index contributed by atoms with van der Waals surface area (Å²) >= 11 is 0. The zero-order valence-electron chi connectivity index (χ0n) is 12.2. The van der Waals surface area contributed by atoms with Crippen molar-refractivity contribution in [3.05, 3.63) is 59.7 Å². The van der Waals surface area contributed by atoms with Crippen molar-refractivity contribution >= 4 is 15.8 Å². The summed E-state index contributed by atoms with van der Waals surface area (Å²) in [5, 5.41) is 0. The second-order valence-electron chi connectivity index (χ2n) is 5.38. The van der Waals surface area contributed by atoms with Crippen LogP contribution in [0.4, 0.5) is 10.1 Å². The highest BCUT2D eigenvalue weighted by atomic mass is 32.2. The van der Waals surface area contributed by atoms with Gasteiger partial charge in [-0.1, -0.05) is 29.8 Å². The van der Waals surface area contributed by atoms with E-state index in [1.807, 2.05) is 6.92 Å². The molecular weight excluding hydrogens is 305 g/mol. The Morgan fingerprint density at radius 3 is 1.95 bits per heavy atom. The van der Waals surface area contributed by atoms with E-state index in [2.05, 4.69) is 0 Å². The van der Waals surface area contributed by atoms with Gasteiger partial charge in [-0.15, -0.1) is 0 Å². The van der Waals surface area contributed by atoms with Gasteiger partial charge < -0.3 is 5.73 Å². The molecule has 0 heterocycles. The molecule has 0 bridgehead atoms. The van der Waals surface area contributed by atoms with Crippen molar-refractivity contribution < 1.29 is 17.4 Å². The van der Waals surface area contributed by atoms with Crippen LogP contribution in [0, 0.1) is 6.92 Å². The third-order valence-electron chi connectivity index (χ3n) is 3.44. The van der Waals surface area contributed by atoms with E-state index >= 15 is 0 Å². The summed E-state index contributed by atoms with van der Waals surface area (Å²) in [7, 11) is -4.02. The molecule has 0 atom stereocenters. The van der Waals surface area contributed by atoms with E-state index < -0.39 is 15.8 Å². The van der Waals surface area contributed by atoms with Crippen LogP contribution in [0.5, 0.6) is 0 Å². The van der Waals surface area contributed by atoms with Gasteiger partial charge in [-0.05, 0) is 49.6 Å². The molecule has 3 N–H and O–H groups in total. The van der Waals surface area contributed by atoms with E-state index in [1.54, 1.807) is 36.4 Å². The Hall–Kier alpha value is -1.92. The second-order valence-corrected chi connectivity index (χ2v) is 6.80. The van der Waals surface area contributed by atoms with Gasteiger partial charge in [-0.2, -0.15) is 8.42 Å². The summed E-state index contributed by atoms with van der Waals surface area (Å²) in [6, 6.07) is 13.0. The molecule has 0 aromatic heterocycles. The summed E-state index contributed by atoms with van der Waals surface area (Å²) in [6.07, 6.45) is 1.33. The summed E-state index contributed by atoms with van der Waals surface area (Å²) in [5.74, 6) is 0. The lowest BCUT2D eigenvalue weighted by atomic mass is 10.1. The molecule has 4 nitrogen and oxygen atoms in total. The van der Waals surface area contributed by atoms with Crippen LogP contribution in [0.3, 0.4) is 0 Å². The molecule has 0 unspecified atom stereocenters. The Kier molecular flexibility index (Phi) is 4.53. The Bertz CT molecular complexity index is 736. The minimum atomic E-state index is -4.02. The number of hydrogen-bond acceptors (Lipinski definition) is 3. The standard InChI is InChI=1S/C9H10FN.C7H8O3S/c10-9(5-6-9)7-1-3-8(11)4-2-7;1-6-2-4-7(5-3-6)11(8,9)10/h1-4H,5-6,11H2;2-5H,1H3,(H,8,9,10). The predicted molar refractivity (Wildman–Crippen MR) is 83.9 cm³/mol. The van der Waals surface area contributed by atoms with Crippen molar-refractivity contribution in [2.75, 3.05) is 5.73 Å². The average Bonchev–Trinajstić information content (AvgIpc) is 3.19. The molecule has 2 aromatic carbocycles. The van der Waals surface area contributed by atoms with Crippen molar-refractivity contribution in [2.45, 2.75) is 30.3 Å². The fourth-order valence-electron chi connectivity index (χ4n) is 1.89. The van der Waals surface area contributed by atoms with Crippen LogP contribution in [0.1, 0.15) is 24.0 Å². The first-order valence-electron chi connectivity index (χ1n) is 6.80. The van der Waals surface area contributed by atoms with E-state index in [-0.39, 0.29) is 4.90 Å². The molecule has 1 saturated carbocycles. The quantitative estimate of drug-likeness (QED) is 0.655. The predicted octanol–water partition coefficient (Wildman–Crippen LogP) is 3.47. The van der Waals surface area contributed by atoms with Gasteiger partial charge in [-0.25, -0.2) is 4.39 Å². The Morgan fingerprint density at radius 1 is 1.05 bits per heavy atom. The van der Waals surface area contributed by atoms with Crippen LogP contribution in [0.2, 0.25) is 0 Å². The minimum absolute atomic E-state index is 0.0666. The number of alkyl halides is 1. The SMILES string of the molecule is Cc1ccc(S(=O)(=O)O)cc1.Nc1ccc(C2(F)CC2)cc1. The highest BCUT2D eigenvalue weighted by Crippen LogP contribution is 2.49. The molecule has 0 aliphatic heterocycles. The molecule has 3 rings (SSSR count). The first-order chi connectivity index (χ1) is 10.2. The number of nitrogens with two attached hydrogens (primary N) is 1. The number of anilines is 1. The fourth-order valence-corrected chi connectivity index (χ4v) is 2.37. The van der Waals surface area contributed by atoms with Gasteiger partial charge in [0.05, 0.1) is 4.90 Å². The van der Waals surface area contributed by atoms with Crippen LogP contribution in [-0.4, -0.2) is 13.0 Å². The Morgan fingerprint density at radius 2 is 1.55 bits per heavy atom. The molecular formula is C16H18FNO3S. The molecule has 22 heavy (non-hydrogen) atoms. The van der Waals surface area contributed by atoms with Gasteiger partial charge in [0.15, 0.2) is 0 Å². The highest BCUT2D eigenvalue weighted by molar-refractivity contribution is 7.85. The molecule has 2 aromatic rings. The fraction of sp³-hybridized carbons (Fsp3) is 0.250. The van der Waals surface area contributed by atoms with Crippen LogP contribution in [-0.2, 0) is 15.8 Å². The number of nitrogen functional groups attached to an aromatic ring is 1. The molecule has 1 aliphatic rings. The first-order valence-corrected chi connectivity index (χ1v) is 8.24. The summed E-state index contributed by atoms with van der Waals surface area (Å²) in [5.41, 5.74) is 6.87. The summed E-state index contributed by atoms with van der Waals surface area (Å²) in [6.45, 7) is 1.84. The van der Waals surface area contributed by atoms with Crippen molar-refractivity contribution in [1.82, 2.24) is 0 Å². The zero-order chi connectivity index (χ0) is 16.4. The zero-order valence-corrected chi connectivity index (χ0v) is 13.0. The first kappa shape index (κ1) is 16.5. The third-order valence-corrected chi connectivity index (χ3v) is 4.30. The smallest absolute Gasteiger partial charge is 0.294 e. The summed E-state index contributed by atoms with van der Waals surface area (Å²) in [4.78, 5) is -0.0666. The van der Waals surface area contributed by atoms with Gasteiger partial charge in [0, 0.05) is 5.69 Å². The second kappa shape index (κ2) is 6.06. The normalized spacial score (nSPS) is 15.6. The number of hydrogen-bond donors (Lipinski definition) is 2. The molecule has 0 radical (unpaired) electrons. The van der Waals surface area contributed by atoms with E-state index in [0.717, 1.165) is 11.1 Å². The van der Waals surface area contributed by atoms with Crippen LogP contribution in [0.25, 0.3) is 0 Å². The van der Waals surface area contributed by atoms with Gasteiger partial charge in [0.1, 0.15) is 5.67 Å². The average molecular weight is 323 g/mol. The van der Waals surface area contributed by atoms with E-state index in [0.29, 0.717) is 18.5 Å². The van der Waals surface area contributed by atoms with Gasteiger partial charge in [0.25, 0.3) is 10.1 Å². The van der Waals surface area contributed by atoms with Gasteiger partial charge >= 0.3 is 0 Å². The Labute approximate surface area is 129 Å². The van der Waals surface area contributed by atoms with E-state index in [9.17, 15) is 12.8 Å². The van der Waals surface area contributed by atoms with Crippen molar-refractivity contribution in [2.24, 2.45) is 0 Å². The lowest BCUT2D eigenvalue weighted by Crippen LogP contribution is -1.97. The maximum atomic E-state index is 13.3. The highest BCUT2D eigenvalue weighted by Gasteiger charge is 2.44. The third kappa shape index (κ3) is 4.29. The van der Waals surface area contributed by atoms with Crippen LogP contribution in [0.15, 0.2) is 53.4 Å². The lowest BCUT2D eigenvalue weighted by Gasteiger charge is -2.03. The van der Waals surface area contributed by atoms with Crippen LogP contribution >= 0.6 is 0 Å². The van der Waals surface area contributed by atoms with Crippen molar-refractivity contribution in [1.29, 1.82) is 0 Å². The van der Waals surface area contributed by atoms with E-state index in [4.69, 9.17) is 10.3 Å². The molecule has 0 spiro atoms. The maximum Gasteiger partial charge on any atom is 0.294 e. The molecule has 0 amide bonds. The molecule has 0 saturated heterocycles. The molecule has 1 fully saturated rings. The maximum absolute atomic E-state index is 13.3. The minimum Gasteiger partial charge on any atom is -0.399 e.